The number of hydrogen-bond acceptors (Lipinski definition) is 4. The van der Waals surface area contributed by atoms with E-state index in [0.29, 0.717) is 38.5 Å². The fourth-order valence-corrected chi connectivity index (χ4v) is 3.44. The van der Waals surface area contributed by atoms with Gasteiger partial charge in [-0.25, -0.2) is 4.57 Å². The summed E-state index contributed by atoms with van der Waals surface area (Å²) in [5, 5.41) is 27.2. The molecular weight excluding hydrogens is 370 g/mol. The standard InChI is InChI=1S/C22H24N5.ClH/c23-13-3-10-22(11-4-14-24,12-5-15-25)20-7-17-27(18-8-20)19-9-21-6-1-2-16-26-21;/h1-2,6-8,16-18H,3-5,9-12,19H2;1H/q+1;/p-1. The Bertz CT molecular complexity index is 783. The largest absolute Gasteiger partial charge is 1.00 e. The molecule has 0 aliphatic rings. The Morgan fingerprint density at radius 3 is 1.89 bits per heavy atom. The van der Waals surface area contributed by atoms with Crippen LogP contribution in [0.5, 0.6) is 0 Å². The molecule has 2 aromatic rings. The van der Waals surface area contributed by atoms with E-state index in [0.717, 1.165) is 24.2 Å². The molecular formula is C22H24ClN5. The Balaban J connectivity index is 0.00000392. The Kier molecular flexibility index (Phi) is 10.3. The molecule has 0 radical (unpaired) electrons. The van der Waals surface area contributed by atoms with Crippen molar-refractivity contribution in [3.63, 3.8) is 0 Å². The van der Waals surface area contributed by atoms with Crippen LogP contribution in [0.1, 0.15) is 49.8 Å². The second-order valence-electron chi connectivity index (χ2n) is 6.65. The molecule has 0 amide bonds. The van der Waals surface area contributed by atoms with E-state index in [9.17, 15) is 0 Å². The van der Waals surface area contributed by atoms with E-state index in [4.69, 9.17) is 15.8 Å². The van der Waals surface area contributed by atoms with Crippen LogP contribution in [-0.4, -0.2) is 4.98 Å². The second kappa shape index (κ2) is 12.4. The van der Waals surface area contributed by atoms with Gasteiger partial charge < -0.3 is 12.4 Å². The summed E-state index contributed by atoms with van der Waals surface area (Å²) in [5.74, 6) is 0. The molecule has 0 spiro atoms. The van der Waals surface area contributed by atoms with Crippen LogP contribution in [0, 0.1) is 34.0 Å². The number of halogens is 1. The van der Waals surface area contributed by atoms with Crippen molar-refractivity contribution in [2.75, 3.05) is 0 Å². The summed E-state index contributed by atoms with van der Waals surface area (Å²) in [7, 11) is 0. The quantitative estimate of drug-likeness (QED) is 0.557. The molecule has 0 atom stereocenters. The van der Waals surface area contributed by atoms with Gasteiger partial charge in [-0.05, 0) is 42.4 Å². The van der Waals surface area contributed by atoms with Gasteiger partial charge in [-0.1, -0.05) is 6.07 Å². The van der Waals surface area contributed by atoms with E-state index >= 15 is 0 Å². The highest BCUT2D eigenvalue weighted by Crippen LogP contribution is 2.38. The Labute approximate surface area is 173 Å². The van der Waals surface area contributed by atoms with E-state index in [1.807, 2.05) is 30.6 Å². The number of hydrogen-bond donors (Lipinski definition) is 0. The SMILES string of the molecule is N#CCCC(CCC#N)(CCC#N)c1cc[n+](CCc2ccccn2)cc1.[Cl-]. The maximum absolute atomic E-state index is 9.06. The Hall–Kier alpha value is -2.94. The molecule has 6 heteroatoms. The fourth-order valence-electron chi connectivity index (χ4n) is 3.44. The van der Waals surface area contributed by atoms with Gasteiger partial charge in [0.05, 0.1) is 18.2 Å². The number of aromatic nitrogens is 2. The van der Waals surface area contributed by atoms with Gasteiger partial charge in [-0.3, -0.25) is 4.98 Å². The monoisotopic (exact) mass is 393 g/mol. The molecule has 0 unspecified atom stereocenters. The number of pyridine rings is 2. The highest BCUT2D eigenvalue weighted by Gasteiger charge is 2.32. The summed E-state index contributed by atoms with van der Waals surface area (Å²) in [5.41, 5.74) is 1.87. The van der Waals surface area contributed by atoms with Crippen LogP contribution in [0.4, 0.5) is 0 Å². The van der Waals surface area contributed by atoms with E-state index in [-0.39, 0.29) is 17.8 Å². The molecule has 2 rings (SSSR count). The van der Waals surface area contributed by atoms with Gasteiger partial charge >= 0.3 is 0 Å². The van der Waals surface area contributed by atoms with Gasteiger partial charge in [0.25, 0.3) is 0 Å². The number of nitrogens with zero attached hydrogens (tertiary/aromatic N) is 5. The van der Waals surface area contributed by atoms with Crippen molar-refractivity contribution < 1.29 is 17.0 Å². The number of rotatable bonds is 10. The first-order chi connectivity index (χ1) is 13.2. The van der Waals surface area contributed by atoms with E-state index in [1.165, 1.54) is 0 Å². The van der Waals surface area contributed by atoms with Gasteiger partial charge in [0.1, 0.15) is 0 Å². The molecule has 0 aliphatic heterocycles. The third-order valence-corrected chi connectivity index (χ3v) is 5.00. The molecule has 2 aromatic heterocycles. The van der Waals surface area contributed by atoms with Crippen molar-refractivity contribution in [2.45, 2.75) is 56.9 Å². The van der Waals surface area contributed by atoms with Gasteiger partial charge in [-0.15, -0.1) is 0 Å². The van der Waals surface area contributed by atoms with E-state index in [2.05, 4.69) is 39.9 Å². The molecule has 0 aromatic carbocycles. The highest BCUT2D eigenvalue weighted by atomic mass is 35.5. The zero-order valence-corrected chi connectivity index (χ0v) is 16.6. The third kappa shape index (κ3) is 6.66. The minimum Gasteiger partial charge on any atom is -1.00 e. The molecule has 0 saturated carbocycles. The predicted octanol–water partition coefficient (Wildman–Crippen LogP) is 0.765. The van der Waals surface area contributed by atoms with Gasteiger partial charge in [-0.2, -0.15) is 15.8 Å². The minimum absolute atomic E-state index is 0. The maximum atomic E-state index is 9.06. The fraction of sp³-hybridized carbons (Fsp3) is 0.409. The van der Waals surface area contributed by atoms with Gasteiger partial charge in [0.2, 0.25) is 0 Å². The predicted molar refractivity (Wildman–Crippen MR) is 101 cm³/mol. The molecule has 0 saturated heterocycles. The topological polar surface area (TPSA) is 88.1 Å². The number of aryl methyl sites for hydroxylation is 2. The molecule has 0 N–H and O–H groups in total. The van der Waals surface area contributed by atoms with Crippen LogP contribution in [-0.2, 0) is 18.4 Å². The molecule has 0 bridgehead atoms. The molecule has 2 heterocycles. The average Bonchev–Trinajstić information content (AvgIpc) is 2.73. The van der Waals surface area contributed by atoms with Crippen molar-refractivity contribution in [3.05, 3.63) is 60.2 Å². The smallest absolute Gasteiger partial charge is 0.169 e. The first kappa shape index (κ1) is 23.1. The van der Waals surface area contributed by atoms with Crippen molar-refractivity contribution in [1.82, 2.24) is 4.98 Å². The highest BCUT2D eigenvalue weighted by molar-refractivity contribution is 5.23. The first-order valence-corrected chi connectivity index (χ1v) is 9.24. The summed E-state index contributed by atoms with van der Waals surface area (Å²) in [6.07, 6.45) is 10.0. The van der Waals surface area contributed by atoms with Crippen LogP contribution in [0.25, 0.3) is 0 Å². The average molecular weight is 394 g/mol. The summed E-state index contributed by atoms with van der Waals surface area (Å²) in [6.45, 7) is 0.832. The lowest BCUT2D eigenvalue weighted by Gasteiger charge is -2.32. The van der Waals surface area contributed by atoms with Crippen LogP contribution < -0.4 is 17.0 Å². The maximum Gasteiger partial charge on any atom is 0.169 e. The van der Waals surface area contributed by atoms with Crippen molar-refractivity contribution in [2.24, 2.45) is 0 Å². The van der Waals surface area contributed by atoms with Crippen molar-refractivity contribution in [3.8, 4) is 18.2 Å². The lowest BCUT2D eigenvalue weighted by atomic mass is 9.70. The summed E-state index contributed by atoms with van der Waals surface area (Å²) in [4.78, 5) is 4.35. The van der Waals surface area contributed by atoms with E-state index < -0.39 is 0 Å². The zero-order valence-electron chi connectivity index (χ0n) is 15.9. The second-order valence-corrected chi connectivity index (χ2v) is 6.65. The third-order valence-electron chi connectivity index (χ3n) is 5.00. The Morgan fingerprint density at radius 2 is 1.43 bits per heavy atom. The molecule has 28 heavy (non-hydrogen) atoms. The van der Waals surface area contributed by atoms with Crippen LogP contribution in [0.15, 0.2) is 48.9 Å². The van der Waals surface area contributed by atoms with Gasteiger partial charge in [0, 0.05) is 49.7 Å². The summed E-state index contributed by atoms with van der Waals surface area (Å²) in [6, 6.07) is 16.7. The van der Waals surface area contributed by atoms with E-state index in [1.54, 1.807) is 6.20 Å². The van der Waals surface area contributed by atoms with Crippen molar-refractivity contribution >= 4 is 0 Å². The lowest BCUT2D eigenvalue weighted by molar-refractivity contribution is -0.696. The van der Waals surface area contributed by atoms with Crippen LogP contribution in [0.3, 0.4) is 0 Å². The summed E-state index contributed by atoms with van der Waals surface area (Å²) < 4.78 is 2.11. The molecule has 0 fully saturated rings. The normalized spacial score (nSPS) is 10.2. The minimum atomic E-state index is -0.290. The van der Waals surface area contributed by atoms with Crippen LogP contribution >= 0.6 is 0 Å². The van der Waals surface area contributed by atoms with Gasteiger partial charge in [0.15, 0.2) is 18.9 Å². The lowest BCUT2D eigenvalue weighted by Crippen LogP contribution is -3.00. The zero-order chi connectivity index (χ0) is 19.4. The molecule has 0 aliphatic carbocycles. The first-order valence-electron chi connectivity index (χ1n) is 9.24. The Morgan fingerprint density at radius 1 is 0.857 bits per heavy atom. The number of nitriles is 3. The molecule has 144 valence electrons. The van der Waals surface area contributed by atoms with Crippen LogP contribution in [0.2, 0.25) is 0 Å². The summed E-state index contributed by atoms with van der Waals surface area (Å²) >= 11 is 0. The van der Waals surface area contributed by atoms with Crippen molar-refractivity contribution in [1.29, 1.82) is 15.8 Å². The molecule has 5 nitrogen and oxygen atoms in total.